The van der Waals surface area contributed by atoms with E-state index in [9.17, 15) is 4.79 Å². The van der Waals surface area contributed by atoms with Crippen LogP contribution in [0.4, 0.5) is 0 Å². The zero-order chi connectivity index (χ0) is 15.4. The zero-order valence-corrected chi connectivity index (χ0v) is 14.9. The normalized spacial score (nSPS) is 30.3. The molecular weight excluding hydrogens is 314 g/mol. The average molecular weight is 346 g/mol. The predicted octanol–water partition coefficient (Wildman–Crippen LogP) is 1.69. The van der Waals surface area contributed by atoms with E-state index in [4.69, 9.17) is 10.5 Å². The highest BCUT2D eigenvalue weighted by molar-refractivity contribution is 5.85. The fourth-order valence-corrected chi connectivity index (χ4v) is 4.18. The number of carbonyl (C=O) groups excluding carboxylic acids is 1. The molecule has 6 heteroatoms. The van der Waals surface area contributed by atoms with Gasteiger partial charge in [0.2, 0.25) is 5.91 Å². The van der Waals surface area contributed by atoms with Gasteiger partial charge in [-0.25, -0.2) is 0 Å². The number of nitrogens with two attached hydrogens (primary N) is 1. The summed E-state index contributed by atoms with van der Waals surface area (Å²) < 4.78 is 5.68. The van der Waals surface area contributed by atoms with Gasteiger partial charge in [0.15, 0.2) is 0 Å². The number of nitrogens with zero attached hydrogens (tertiary/aromatic N) is 1. The monoisotopic (exact) mass is 345 g/mol. The molecule has 3 aliphatic rings. The van der Waals surface area contributed by atoms with E-state index in [0.717, 1.165) is 44.7 Å². The Bertz CT molecular complexity index is 369. The second-order valence-corrected chi connectivity index (χ2v) is 7.29. The lowest BCUT2D eigenvalue weighted by molar-refractivity contribution is -0.132. The molecule has 0 spiro atoms. The minimum absolute atomic E-state index is 0. The minimum atomic E-state index is -0.273. The number of hydrogen-bond donors (Lipinski definition) is 2. The molecule has 2 heterocycles. The molecule has 5 nitrogen and oxygen atoms in total. The van der Waals surface area contributed by atoms with Gasteiger partial charge in [0, 0.05) is 32.2 Å². The van der Waals surface area contributed by atoms with Gasteiger partial charge in [0.05, 0.1) is 6.10 Å². The molecular formula is C17H32ClN3O2. The van der Waals surface area contributed by atoms with Gasteiger partial charge in [-0.15, -0.1) is 12.4 Å². The van der Waals surface area contributed by atoms with Crippen molar-refractivity contribution in [3.05, 3.63) is 0 Å². The topological polar surface area (TPSA) is 67.6 Å². The Kier molecular flexibility index (Phi) is 7.60. The molecule has 3 rings (SSSR count). The SMILES string of the molecule is Cl.NC[C@H]1CC[C@@H](C(=O)NC2CCN(CC3CCCC3)CC2)O1. The van der Waals surface area contributed by atoms with Crippen LogP contribution in [0.3, 0.4) is 0 Å². The van der Waals surface area contributed by atoms with Crippen LogP contribution in [-0.4, -0.2) is 55.2 Å². The standard InChI is InChI=1S/C17H31N3O2.ClH/c18-11-15-5-6-16(22-15)17(21)19-14-7-9-20(10-8-14)12-13-3-1-2-4-13;/h13-16H,1-12,18H2,(H,19,21);1H/t15-,16+;/m1./s1. The smallest absolute Gasteiger partial charge is 0.249 e. The predicted molar refractivity (Wildman–Crippen MR) is 93.8 cm³/mol. The van der Waals surface area contributed by atoms with E-state index < -0.39 is 0 Å². The number of carbonyl (C=O) groups is 1. The summed E-state index contributed by atoms with van der Waals surface area (Å²) in [7, 11) is 0. The van der Waals surface area contributed by atoms with E-state index in [1.807, 2.05) is 0 Å². The molecule has 0 aromatic rings. The van der Waals surface area contributed by atoms with Crippen molar-refractivity contribution < 1.29 is 9.53 Å². The van der Waals surface area contributed by atoms with Crippen LogP contribution in [0.2, 0.25) is 0 Å². The summed E-state index contributed by atoms with van der Waals surface area (Å²) in [4.78, 5) is 14.8. The Hall–Kier alpha value is -0.360. The fraction of sp³-hybridized carbons (Fsp3) is 0.941. The first-order chi connectivity index (χ1) is 10.7. The van der Waals surface area contributed by atoms with Gasteiger partial charge in [-0.1, -0.05) is 12.8 Å². The second kappa shape index (κ2) is 9.21. The van der Waals surface area contributed by atoms with Crippen LogP contribution in [0, 0.1) is 5.92 Å². The van der Waals surface area contributed by atoms with E-state index in [2.05, 4.69) is 10.2 Å². The molecule has 2 atom stereocenters. The van der Waals surface area contributed by atoms with E-state index in [0.29, 0.717) is 12.6 Å². The number of amides is 1. The lowest BCUT2D eigenvalue weighted by Gasteiger charge is -2.34. The summed E-state index contributed by atoms with van der Waals surface area (Å²) in [5, 5.41) is 3.19. The van der Waals surface area contributed by atoms with Crippen molar-refractivity contribution in [1.29, 1.82) is 0 Å². The molecule has 0 aromatic heterocycles. The van der Waals surface area contributed by atoms with Crippen molar-refractivity contribution in [2.75, 3.05) is 26.2 Å². The van der Waals surface area contributed by atoms with Gasteiger partial charge in [0.25, 0.3) is 0 Å². The van der Waals surface area contributed by atoms with Gasteiger partial charge in [-0.2, -0.15) is 0 Å². The molecule has 134 valence electrons. The molecule has 1 amide bonds. The number of piperidine rings is 1. The molecule has 0 unspecified atom stereocenters. The van der Waals surface area contributed by atoms with Crippen molar-refractivity contribution in [3.8, 4) is 0 Å². The molecule has 2 saturated heterocycles. The first-order valence-electron chi connectivity index (χ1n) is 9.13. The zero-order valence-electron chi connectivity index (χ0n) is 14.0. The lowest BCUT2D eigenvalue weighted by Crippen LogP contribution is -2.48. The molecule has 3 N–H and O–H groups in total. The van der Waals surface area contributed by atoms with Crippen LogP contribution >= 0.6 is 12.4 Å². The molecule has 0 aromatic carbocycles. The third kappa shape index (κ3) is 5.31. The third-order valence-electron chi connectivity index (χ3n) is 5.59. The maximum absolute atomic E-state index is 12.2. The third-order valence-corrected chi connectivity index (χ3v) is 5.59. The van der Waals surface area contributed by atoms with E-state index in [1.54, 1.807) is 0 Å². The first-order valence-corrected chi connectivity index (χ1v) is 9.13. The van der Waals surface area contributed by atoms with Gasteiger partial charge < -0.3 is 20.7 Å². The molecule has 1 aliphatic carbocycles. The number of hydrogen-bond acceptors (Lipinski definition) is 4. The Morgan fingerprint density at radius 1 is 1.09 bits per heavy atom. The quantitative estimate of drug-likeness (QED) is 0.795. The van der Waals surface area contributed by atoms with Crippen LogP contribution in [0.25, 0.3) is 0 Å². The van der Waals surface area contributed by atoms with Crippen LogP contribution in [0.15, 0.2) is 0 Å². The summed E-state index contributed by atoms with van der Waals surface area (Å²) in [6.45, 7) is 4.03. The summed E-state index contributed by atoms with van der Waals surface area (Å²) in [5.41, 5.74) is 5.60. The van der Waals surface area contributed by atoms with Crippen molar-refractivity contribution in [2.45, 2.75) is 69.6 Å². The average Bonchev–Trinajstić information content (AvgIpc) is 3.20. The van der Waals surface area contributed by atoms with Crippen molar-refractivity contribution >= 4 is 18.3 Å². The maximum atomic E-state index is 12.2. The maximum Gasteiger partial charge on any atom is 0.249 e. The van der Waals surface area contributed by atoms with Crippen molar-refractivity contribution in [3.63, 3.8) is 0 Å². The molecule has 0 radical (unpaired) electrons. The fourth-order valence-electron chi connectivity index (χ4n) is 4.18. The highest BCUT2D eigenvalue weighted by Gasteiger charge is 2.32. The second-order valence-electron chi connectivity index (χ2n) is 7.29. The summed E-state index contributed by atoms with van der Waals surface area (Å²) >= 11 is 0. The Morgan fingerprint density at radius 3 is 2.39 bits per heavy atom. The number of likely N-dealkylation sites (tertiary alicyclic amines) is 1. The van der Waals surface area contributed by atoms with Gasteiger partial charge in [-0.3, -0.25) is 4.79 Å². The molecule has 0 bridgehead atoms. The van der Waals surface area contributed by atoms with E-state index in [-0.39, 0.29) is 30.5 Å². The summed E-state index contributed by atoms with van der Waals surface area (Å²) in [6, 6.07) is 0.327. The van der Waals surface area contributed by atoms with Crippen LogP contribution in [0.1, 0.15) is 51.4 Å². The highest BCUT2D eigenvalue weighted by Crippen LogP contribution is 2.26. The molecule has 3 fully saturated rings. The molecule has 2 aliphatic heterocycles. The number of halogens is 1. The minimum Gasteiger partial charge on any atom is -0.364 e. The number of nitrogens with one attached hydrogen (secondary N) is 1. The largest absolute Gasteiger partial charge is 0.364 e. The Balaban J connectivity index is 0.00000192. The molecule has 23 heavy (non-hydrogen) atoms. The Labute approximate surface area is 146 Å². The van der Waals surface area contributed by atoms with Gasteiger partial charge in [0.1, 0.15) is 6.10 Å². The van der Waals surface area contributed by atoms with Crippen LogP contribution in [-0.2, 0) is 9.53 Å². The first kappa shape index (κ1) is 19.0. The van der Waals surface area contributed by atoms with Crippen molar-refractivity contribution in [1.82, 2.24) is 10.2 Å². The number of ether oxygens (including phenoxy) is 1. The molecule has 1 saturated carbocycles. The summed E-state index contributed by atoms with van der Waals surface area (Å²) in [5.74, 6) is 0.997. The summed E-state index contributed by atoms with van der Waals surface area (Å²) in [6.07, 6.45) is 9.34. The Morgan fingerprint density at radius 2 is 1.78 bits per heavy atom. The van der Waals surface area contributed by atoms with Gasteiger partial charge >= 0.3 is 0 Å². The van der Waals surface area contributed by atoms with Crippen LogP contribution in [0.5, 0.6) is 0 Å². The van der Waals surface area contributed by atoms with Crippen LogP contribution < -0.4 is 11.1 Å². The van der Waals surface area contributed by atoms with E-state index >= 15 is 0 Å². The van der Waals surface area contributed by atoms with Crippen molar-refractivity contribution in [2.24, 2.45) is 11.7 Å². The number of rotatable bonds is 5. The van der Waals surface area contributed by atoms with E-state index in [1.165, 1.54) is 32.2 Å². The highest BCUT2D eigenvalue weighted by atomic mass is 35.5. The van der Waals surface area contributed by atoms with Gasteiger partial charge in [-0.05, 0) is 44.4 Å². The lowest BCUT2D eigenvalue weighted by atomic mass is 10.0.